The molecule has 1 aliphatic heterocycles. The first-order valence-corrected chi connectivity index (χ1v) is 3.65. The number of ether oxygens (including phenoxy) is 1. The highest BCUT2D eigenvalue weighted by Gasteiger charge is 2.39. The van der Waals surface area contributed by atoms with Gasteiger partial charge in [-0.3, -0.25) is 0 Å². The molecule has 0 radical (unpaired) electrons. The molecule has 58 valence electrons. The second-order valence-electron chi connectivity index (χ2n) is 1.82. The maximum atomic E-state index is 10.4. The lowest BCUT2D eigenvalue weighted by Gasteiger charge is -2.15. The van der Waals surface area contributed by atoms with Gasteiger partial charge < -0.3 is 10.1 Å². The fraction of sp³-hybridized carbons (Fsp3) is 0.750. The zero-order valence-electron chi connectivity index (χ0n) is 4.73. The zero-order chi connectivity index (χ0) is 7.78. The Bertz CT molecular complexity index is 155. The van der Waals surface area contributed by atoms with Gasteiger partial charge in [0.05, 0.1) is 6.54 Å². The number of cyclic esters (lactones) is 1. The van der Waals surface area contributed by atoms with Gasteiger partial charge in [-0.05, 0) is 0 Å². The van der Waals surface area contributed by atoms with Crippen molar-refractivity contribution in [3.8, 4) is 0 Å². The van der Waals surface area contributed by atoms with E-state index in [9.17, 15) is 4.79 Å². The highest BCUT2D eigenvalue weighted by molar-refractivity contribution is 6.68. The number of nitrogens with one attached hydrogen (secondary N) is 1. The van der Waals surface area contributed by atoms with Crippen LogP contribution in [-0.2, 0) is 4.74 Å². The Morgan fingerprint density at radius 2 is 2.20 bits per heavy atom. The molecule has 1 N–H and O–H groups in total. The van der Waals surface area contributed by atoms with Gasteiger partial charge in [0.1, 0.15) is 0 Å². The summed E-state index contributed by atoms with van der Waals surface area (Å²) >= 11 is 16.3. The molecule has 3 nitrogen and oxygen atoms in total. The minimum absolute atomic E-state index is 0.245. The molecule has 1 atom stereocenters. The third kappa shape index (κ3) is 1.81. The maximum absolute atomic E-state index is 10.4. The Morgan fingerprint density at radius 1 is 1.60 bits per heavy atom. The Hall–Kier alpha value is 0.140. The standard InChI is InChI=1S/C4H4Cl3NO2/c5-4(6,7)2-1-8-3(9)10-2/h2H,1H2,(H,8,9). The van der Waals surface area contributed by atoms with Crippen LogP contribution < -0.4 is 5.32 Å². The van der Waals surface area contributed by atoms with Crippen LogP contribution in [0.15, 0.2) is 0 Å². The summed E-state index contributed by atoms with van der Waals surface area (Å²) < 4.78 is 3.05. The van der Waals surface area contributed by atoms with Crippen molar-refractivity contribution < 1.29 is 9.53 Å². The van der Waals surface area contributed by atoms with Crippen LogP contribution in [0.2, 0.25) is 0 Å². The van der Waals surface area contributed by atoms with Crippen molar-refractivity contribution in [3.05, 3.63) is 0 Å². The van der Waals surface area contributed by atoms with Gasteiger partial charge in [-0.15, -0.1) is 0 Å². The summed E-state index contributed by atoms with van der Waals surface area (Å²) in [4.78, 5) is 10.4. The van der Waals surface area contributed by atoms with E-state index in [2.05, 4.69) is 10.1 Å². The first-order chi connectivity index (χ1) is 4.50. The lowest BCUT2D eigenvalue weighted by Crippen LogP contribution is -2.28. The lowest BCUT2D eigenvalue weighted by molar-refractivity contribution is 0.142. The van der Waals surface area contributed by atoms with Gasteiger partial charge in [0.25, 0.3) is 0 Å². The molecule has 1 saturated heterocycles. The van der Waals surface area contributed by atoms with Crippen molar-refractivity contribution in [2.45, 2.75) is 9.90 Å². The highest BCUT2D eigenvalue weighted by Crippen LogP contribution is 2.33. The fourth-order valence-electron chi connectivity index (χ4n) is 0.571. The largest absolute Gasteiger partial charge is 0.440 e. The monoisotopic (exact) mass is 203 g/mol. The molecule has 1 heterocycles. The molecule has 10 heavy (non-hydrogen) atoms. The van der Waals surface area contributed by atoms with Crippen molar-refractivity contribution in [2.24, 2.45) is 0 Å². The Balaban J connectivity index is 2.53. The average molecular weight is 204 g/mol. The fourth-order valence-corrected chi connectivity index (χ4v) is 0.936. The van der Waals surface area contributed by atoms with Crippen LogP contribution >= 0.6 is 34.8 Å². The molecule has 0 spiro atoms. The molecular weight excluding hydrogens is 200 g/mol. The van der Waals surface area contributed by atoms with Crippen LogP contribution in [0.4, 0.5) is 4.79 Å². The SMILES string of the molecule is O=C1NCC(C(Cl)(Cl)Cl)O1. The minimum atomic E-state index is -1.53. The van der Waals surface area contributed by atoms with Crippen molar-refractivity contribution >= 4 is 40.9 Å². The summed E-state index contributed by atoms with van der Waals surface area (Å²) in [5.41, 5.74) is 0. The number of halogens is 3. The number of carbonyl (C=O) groups excluding carboxylic acids is 1. The van der Waals surface area contributed by atoms with E-state index in [0.29, 0.717) is 0 Å². The molecule has 6 heteroatoms. The van der Waals surface area contributed by atoms with Crippen LogP contribution in [-0.4, -0.2) is 22.5 Å². The molecule has 1 unspecified atom stereocenters. The van der Waals surface area contributed by atoms with E-state index < -0.39 is 16.0 Å². The summed E-state index contributed by atoms with van der Waals surface area (Å²) in [7, 11) is 0. The van der Waals surface area contributed by atoms with Crippen LogP contribution in [0.5, 0.6) is 0 Å². The second-order valence-corrected chi connectivity index (χ2v) is 4.19. The topological polar surface area (TPSA) is 38.3 Å². The first-order valence-electron chi connectivity index (χ1n) is 2.51. The third-order valence-corrected chi connectivity index (χ3v) is 1.78. The van der Waals surface area contributed by atoms with E-state index in [1.807, 2.05) is 0 Å². The van der Waals surface area contributed by atoms with E-state index in [1.54, 1.807) is 0 Å². The normalized spacial score (nSPS) is 25.9. The molecule has 0 aromatic carbocycles. The number of rotatable bonds is 0. The van der Waals surface area contributed by atoms with Crippen molar-refractivity contribution in [1.82, 2.24) is 5.32 Å². The van der Waals surface area contributed by atoms with Gasteiger partial charge in [0.15, 0.2) is 6.10 Å². The van der Waals surface area contributed by atoms with E-state index >= 15 is 0 Å². The maximum Gasteiger partial charge on any atom is 0.407 e. The molecule has 0 aromatic heterocycles. The summed E-state index contributed by atoms with van der Waals surface area (Å²) in [5, 5.41) is 2.36. The molecule has 0 aliphatic carbocycles. The molecule has 0 aromatic rings. The van der Waals surface area contributed by atoms with Gasteiger partial charge >= 0.3 is 6.09 Å². The van der Waals surface area contributed by atoms with Crippen LogP contribution in [0.1, 0.15) is 0 Å². The molecule has 1 amide bonds. The average Bonchev–Trinajstić information content (AvgIpc) is 2.11. The summed E-state index contributed by atoms with van der Waals surface area (Å²) in [6.45, 7) is 0.245. The van der Waals surface area contributed by atoms with E-state index in [1.165, 1.54) is 0 Å². The van der Waals surface area contributed by atoms with E-state index in [-0.39, 0.29) is 6.54 Å². The summed E-state index contributed by atoms with van der Waals surface area (Å²) in [6.07, 6.45) is -1.22. The van der Waals surface area contributed by atoms with E-state index in [0.717, 1.165) is 0 Å². The van der Waals surface area contributed by atoms with Gasteiger partial charge in [0, 0.05) is 0 Å². The number of alkyl carbamates (subject to hydrolysis) is 1. The van der Waals surface area contributed by atoms with Crippen LogP contribution in [0.25, 0.3) is 0 Å². The first kappa shape index (κ1) is 8.24. The van der Waals surface area contributed by atoms with Crippen LogP contribution in [0, 0.1) is 0 Å². The predicted molar refractivity (Wildman–Crippen MR) is 38.6 cm³/mol. The Morgan fingerprint density at radius 3 is 2.40 bits per heavy atom. The zero-order valence-corrected chi connectivity index (χ0v) is 7.00. The molecule has 1 fully saturated rings. The number of hydrogen-bond acceptors (Lipinski definition) is 2. The number of carbonyl (C=O) groups is 1. The minimum Gasteiger partial charge on any atom is -0.440 e. The Labute approximate surface area is 72.6 Å². The number of alkyl halides is 3. The summed E-state index contributed by atoms with van der Waals surface area (Å²) in [6, 6.07) is 0. The van der Waals surface area contributed by atoms with Gasteiger partial charge in [-0.2, -0.15) is 0 Å². The molecule has 0 saturated carbocycles. The van der Waals surface area contributed by atoms with Gasteiger partial charge in [-0.25, -0.2) is 4.79 Å². The second kappa shape index (κ2) is 2.64. The summed E-state index contributed by atoms with van der Waals surface area (Å²) in [5.74, 6) is 0. The molecule has 0 bridgehead atoms. The Kier molecular flexibility index (Phi) is 2.18. The number of hydrogen-bond donors (Lipinski definition) is 1. The van der Waals surface area contributed by atoms with Gasteiger partial charge in [-0.1, -0.05) is 34.8 Å². The van der Waals surface area contributed by atoms with Crippen molar-refractivity contribution in [3.63, 3.8) is 0 Å². The third-order valence-electron chi connectivity index (χ3n) is 1.05. The van der Waals surface area contributed by atoms with E-state index in [4.69, 9.17) is 34.8 Å². The quantitative estimate of drug-likeness (QED) is 0.607. The molecular formula is C4H4Cl3NO2. The highest BCUT2D eigenvalue weighted by atomic mass is 35.6. The smallest absolute Gasteiger partial charge is 0.407 e. The number of amides is 1. The predicted octanol–water partition coefficient (Wildman–Crippen LogP) is 1.46. The lowest BCUT2D eigenvalue weighted by atomic mass is 10.4. The van der Waals surface area contributed by atoms with Crippen molar-refractivity contribution in [1.29, 1.82) is 0 Å². The molecule has 1 aliphatic rings. The van der Waals surface area contributed by atoms with Crippen LogP contribution in [0.3, 0.4) is 0 Å². The molecule has 1 rings (SSSR count). The van der Waals surface area contributed by atoms with Gasteiger partial charge in [0.2, 0.25) is 3.79 Å². The van der Waals surface area contributed by atoms with Crippen molar-refractivity contribution in [2.75, 3.05) is 6.54 Å².